The molecule has 0 aromatic carbocycles. The molecule has 0 spiro atoms. The van der Waals surface area contributed by atoms with Gasteiger partial charge in [0, 0.05) is 0 Å². The van der Waals surface area contributed by atoms with Crippen LogP contribution in [0.15, 0.2) is 9.85 Å². The summed E-state index contributed by atoms with van der Waals surface area (Å²) in [6.45, 7) is 1.89. The maximum absolute atomic E-state index is 11.9. The lowest BCUT2D eigenvalue weighted by Crippen LogP contribution is -2.40. The highest BCUT2D eigenvalue weighted by Crippen LogP contribution is 2.27. The number of hydrogen-bond acceptors (Lipinski definition) is 4. The predicted octanol–water partition coefficient (Wildman–Crippen LogP) is 2.76. The minimum absolute atomic E-state index is 0.331. The number of rotatable bonds is 6. The number of nitrogens with one attached hydrogen (secondary N) is 1. The average molecular weight is 352 g/mol. The molecule has 1 aromatic heterocycles. The number of thiophene rings is 1. The van der Waals surface area contributed by atoms with Crippen molar-refractivity contribution in [2.45, 2.75) is 19.4 Å². The Hall–Kier alpha value is -0.530. The molecule has 4 nitrogen and oxygen atoms in total. The van der Waals surface area contributed by atoms with Crippen molar-refractivity contribution in [1.82, 2.24) is 5.32 Å². The third-order valence-electron chi connectivity index (χ3n) is 2.30. The predicted molar refractivity (Wildman–Crippen MR) is 78.6 cm³/mol. The van der Waals surface area contributed by atoms with Crippen molar-refractivity contribution in [1.29, 1.82) is 0 Å². The van der Waals surface area contributed by atoms with Gasteiger partial charge >= 0.3 is 5.97 Å². The first kappa shape index (κ1) is 15.5. The van der Waals surface area contributed by atoms with Gasteiger partial charge in [-0.1, -0.05) is 0 Å². The van der Waals surface area contributed by atoms with Gasteiger partial charge in [-0.3, -0.25) is 4.79 Å². The maximum atomic E-state index is 11.9. The third-order valence-corrected chi connectivity index (χ3v) is 5.07. The standard InChI is InChI=1S/C11H14BrNO3S2/c1-6-5-8(18-9(6)12)10(14)13-7(11(15)16)3-4-17-2/h5,7H,3-4H2,1-2H3,(H,13,14)(H,15,16)/t7-/m1/s1. The van der Waals surface area contributed by atoms with E-state index in [0.29, 0.717) is 17.1 Å². The summed E-state index contributed by atoms with van der Waals surface area (Å²) in [4.78, 5) is 23.4. The van der Waals surface area contributed by atoms with E-state index in [9.17, 15) is 9.59 Å². The molecule has 1 aromatic rings. The fourth-order valence-corrected chi connectivity index (χ4v) is 3.20. The molecule has 1 atom stereocenters. The Balaban J connectivity index is 2.69. The van der Waals surface area contributed by atoms with Gasteiger partial charge < -0.3 is 10.4 Å². The number of amides is 1. The molecule has 100 valence electrons. The van der Waals surface area contributed by atoms with E-state index in [4.69, 9.17) is 5.11 Å². The molecule has 0 radical (unpaired) electrons. The first-order chi connectivity index (χ1) is 8.45. The van der Waals surface area contributed by atoms with Gasteiger partial charge in [-0.15, -0.1) is 11.3 Å². The van der Waals surface area contributed by atoms with Crippen LogP contribution in [0.4, 0.5) is 0 Å². The lowest BCUT2D eigenvalue weighted by Gasteiger charge is -2.12. The first-order valence-corrected chi connectivity index (χ1v) is 8.24. The van der Waals surface area contributed by atoms with Crippen LogP contribution in [0.2, 0.25) is 0 Å². The zero-order valence-corrected chi connectivity index (χ0v) is 13.2. The molecule has 2 N–H and O–H groups in total. The van der Waals surface area contributed by atoms with E-state index in [1.807, 2.05) is 13.2 Å². The maximum Gasteiger partial charge on any atom is 0.326 e. The first-order valence-electron chi connectivity index (χ1n) is 5.24. The molecule has 0 saturated carbocycles. The van der Waals surface area contributed by atoms with Crippen LogP contribution in [-0.2, 0) is 4.79 Å². The minimum Gasteiger partial charge on any atom is -0.480 e. The molecule has 0 bridgehead atoms. The molecule has 1 heterocycles. The van der Waals surface area contributed by atoms with Crippen LogP contribution < -0.4 is 5.32 Å². The molecular formula is C11H14BrNO3S2. The highest BCUT2D eigenvalue weighted by Gasteiger charge is 2.21. The molecule has 7 heteroatoms. The van der Waals surface area contributed by atoms with Crippen molar-refractivity contribution >= 4 is 50.9 Å². The summed E-state index contributed by atoms with van der Waals surface area (Å²) < 4.78 is 0.892. The molecule has 0 aliphatic heterocycles. The molecule has 1 rings (SSSR count). The number of carboxylic acid groups (broad SMARTS) is 1. The Bertz CT molecular complexity index is 428. The van der Waals surface area contributed by atoms with Gasteiger partial charge in [0.1, 0.15) is 6.04 Å². The molecule has 0 saturated heterocycles. The monoisotopic (exact) mass is 351 g/mol. The number of halogens is 1. The Morgan fingerprint density at radius 3 is 2.72 bits per heavy atom. The van der Waals surface area contributed by atoms with Gasteiger partial charge in [0.15, 0.2) is 0 Å². The van der Waals surface area contributed by atoms with E-state index < -0.39 is 12.0 Å². The third kappa shape index (κ3) is 4.29. The van der Waals surface area contributed by atoms with Crippen LogP contribution in [-0.4, -0.2) is 35.0 Å². The number of carboxylic acids is 1. The summed E-state index contributed by atoms with van der Waals surface area (Å²) in [6.07, 6.45) is 2.33. The fraction of sp³-hybridized carbons (Fsp3) is 0.455. The molecule has 0 aliphatic carbocycles. The van der Waals surface area contributed by atoms with Crippen LogP contribution >= 0.6 is 39.0 Å². The SMILES string of the molecule is CSCC[C@@H](NC(=O)c1cc(C)c(Br)s1)C(=O)O. The average Bonchev–Trinajstić information content (AvgIpc) is 2.64. The number of carbonyl (C=O) groups excluding carboxylic acids is 1. The van der Waals surface area contributed by atoms with Crippen molar-refractivity contribution in [2.24, 2.45) is 0 Å². The molecule has 18 heavy (non-hydrogen) atoms. The van der Waals surface area contributed by atoms with Crippen molar-refractivity contribution in [3.05, 3.63) is 20.3 Å². The summed E-state index contributed by atoms with van der Waals surface area (Å²) in [6, 6.07) is 0.920. The summed E-state index contributed by atoms with van der Waals surface area (Å²) in [5.41, 5.74) is 0.973. The van der Waals surface area contributed by atoms with Crippen LogP contribution in [0.3, 0.4) is 0 Å². The van der Waals surface area contributed by atoms with Crippen molar-refractivity contribution in [3.8, 4) is 0 Å². The normalized spacial score (nSPS) is 12.2. The van der Waals surface area contributed by atoms with E-state index in [2.05, 4.69) is 21.2 Å². The number of thioether (sulfide) groups is 1. The summed E-state index contributed by atoms with van der Waals surface area (Å²) in [5, 5.41) is 11.6. The second kappa shape index (κ2) is 7.16. The molecule has 0 fully saturated rings. The van der Waals surface area contributed by atoms with Gasteiger partial charge in [0.2, 0.25) is 0 Å². The zero-order valence-electron chi connectivity index (χ0n) is 10.0. The molecular weight excluding hydrogens is 338 g/mol. The van der Waals surface area contributed by atoms with E-state index in [0.717, 1.165) is 9.35 Å². The number of hydrogen-bond donors (Lipinski definition) is 2. The van der Waals surface area contributed by atoms with Crippen LogP contribution in [0, 0.1) is 6.92 Å². The topological polar surface area (TPSA) is 66.4 Å². The largest absolute Gasteiger partial charge is 0.480 e. The van der Waals surface area contributed by atoms with Gasteiger partial charge in [0.25, 0.3) is 5.91 Å². The second-order valence-electron chi connectivity index (χ2n) is 3.71. The Morgan fingerprint density at radius 2 is 2.28 bits per heavy atom. The minimum atomic E-state index is -0.996. The smallest absolute Gasteiger partial charge is 0.326 e. The van der Waals surface area contributed by atoms with E-state index in [1.54, 1.807) is 17.8 Å². The molecule has 1 amide bonds. The van der Waals surface area contributed by atoms with E-state index in [-0.39, 0.29) is 5.91 Å². The van der Waals surface area contributed by atoms with Crippen molar-refractivity contribution in [3.63, 3.8) is 0 Å². The van der Waals surface area contributed by atoms with Crippen molar-refractivity contribution in [2.75, 3.05) is 12.0 Å². The number of aryl methyl sites for hydroxylation is 1. The van der Waals surface area contributed by atoms with Crippen molar-refractivity contribution < 1.29 is 14.7 Å². The molecule has 0 aliphatic rings. The highest BCUT2D eigenvalue weighted by molar-refractivity contribution is 9.11. The lowest BCUT2D eigenvalue weighted by atomic mass is 10.2. The molecule has 0 unspecified atom stereocenters. The summed E-state index contributed by atoms with van der Waals surface area (Å²) >= 11 is 6.20. The van der Waals surface area contributed by atoms with Crippen LogP contribution in [0.5, 0.6) is 0 Å². The highest BCUT2D eigenvalue weighted by atomic mass is 79.9. The summed E-state index contributed by atoms with van der Waals surface area (Å²) in [7, 11) is 0. The number of aliphatic carboxylic acids is 1. The lowest BCUT2D eigenvalue weighted by molar-refractivity contribution is -0.139. The van der Waals surface area contributed by atoms with E-state index >= 15 is 0 Å². The van der Waals surface area contributed by atoms with Gasteiger partial charge in [0.05, 0.1) is 8.66 Å². The van der Waals surface area contributed by atoms with Gasteiger partial charge in [-0.05, 0) is 52.9 Å². The van der Waals surface area contributed by atoms with Gasteiger partial charge in [-0.2, -0.15) is 11.8 Å². The van der Waals surface area contributed by atoms with E-state index in [1.165, 1.54) is 11.3 Å². The van der Waals surface area contributed by atoms with Crippen LogP contribution in [0.25, 0.3) is 0 Å². The number of carbonyl (C=O) groups is 2. The second-order valence-corrected chi connectivity index (χ2v) is 7.07. The van der Waals surface area contributed by atoms with Gasteiger partial charge in [-0.25, -0.2) is 4.79 Å². The quantitative estimate of drug-likeness (QED) is 0.826. The fourth-order valence-electron chi connectivity index (χ4n) is 1.29. The summed E-state index contributed by atoms with van der Waals surface area (Å²) in [5.74, 6) is -0.628. The zero-order chi connectivity index (χ0) is 13.7. The Morgan fingerprint density at radius 1 is 1.61 bits per heavy atom. The Kier molecular flexibility index (Phi) is 6.17. The van der Waals surface area contributed by atoms with Crippen LogP contribution in [0.1, 0.15) is 21.7 Å². The Labute approximate surface area is 122 Å².